The number of nitrogens with zero attached hydrogens (tertiary/aromatic N) is 1. The van der Waals surface area contributed by atoms with Crippen LogP contribution in [-0.4, -0.2) is 36.1 Å². The molecule has 1 aliphatic carbocycles. The Morgan fingerprint density at radius 1 is 1.38 bits per heavy atom. The molecule has 1 saturated carbocycles. The summed E-state index contributed by atoms with van der Waals surface area (Å²) < 4.78 is 5.82. The van der Waals surface area contributed by atoms with E-state index < -0.39 is 0 Å². The van der Waals surface area contributed by atoms with Gasteiger partial charge in [0.2, 0.25) is 0 Å². The maximum absolute atomic E-state index is 12.9. The van der Waals surface area contributed by atoms with Crippen LogP contribution < -0.4 is 11.3 Å². The van der Waals surface area contributed by atoms with E-state index in [0.29, 0.717) is 29.4 Å². The van der Waals surface area contributed by atoms with Gasteiger partial charge in [0, 0.05) is 11.6 Å². The quantitative estimate of drug-likeness (QED) is 0.650. The Bertz CT molecular complexity index is 536. The summed E-state index contributed by atoms with van der Waals surface area (Å²) in [5.41, 5.74) is 3.70. The highest BCUT2D eigenvalue weighted by Crippen LogP contribution is 2.31. The van der Waals surface area contributed by atoms with Crippen LogP contribution in [-0.2, 0) is 4.74 Å². The number of carbonyl (C=O) groups excluding carboxylic acids is 1. The minimum atomic E-state index is -0.0225. The Morgan fingerprint density at radius 3 is 3.00 bits per heavy atom. The standard InChI is InChI=1S/C15H20ClN3O2/c16-10-5-6-12(18-17)11(9-10)15(20)19-7-8-21-14-4-2-1-3-13(14)19/h5-6,9,13-14,18H,1-4,7-8,17H2. The van der Waals surface area contributed by atoms with Crippen molar-refractivity contribution in [3.8, 4) is 0 Å². The molecule has 21 heavy (non-hydrogen) atoms. The average molecular weight is 310 g/mol. The van der Waals surface area contributed by atoms with Crippen LogP contribution >= 0.6 is 11.6 Å². The Hall–Kier alpha value is -1.30. The molecule has 1 heterocycles. The van der Waals surface area contributed by atoms with Crippen LogP contribution in [0.15, 0.2) is 18.2 Å². The van der Waals surface area contributed by atoms with Gasteiger partial charge in [0.05, 0.1) is 30.0 Å². The van der Waals surface area contributed by atoms with E-state index in [9.17, 15) is 4.79 Å². The maximum Gasteiger partial charge on any atom is 0.256 e. The van der Waals surface area contributed by atoms with Crippen LogP contribution in [0.3, 0.4) is 0 Å². The highest BCUT2D eigenvalue weighted by atomic mass is 35.5. The number of fused-ring (bicyclic) bond motifs is 1. The summed E-state index contributed by atoms with van der Waals surface area (Å²) in [6.45, 7) is 1.22. The number of benzene rings is 1. The van der Waals surface area contributed by atoms with Gasteiger partial charge < -0.3 is 15.1 Å². The van der Waals surface area contributed by atoms with Crippen molar-refractivity contribution >= 4 is 23.2 Å². The summed E-state index contributed by atoms with van der Waals surface area (Å²) >= 11 is 6.03. The fraction of sp³-hybridized carbons (Fsp3) is 0.533. The summed E-state index contributed by atoms with van der Waals surface area (Å²) in [5.74, 6) is 5.49. The van der Waals surface area contributed by atoms with Crippen LogP contribution in [0.25, 0.3) is 0 Å². The highest BCUT2D eigenvalue weighted by Gasteiger charge is 2.37. The van der Waals surface area contributed by atoms with Gasteiger partial charge in [0.15, 0.2) is 0 Å². The van der Waals surface area contributed by atoms with Gasteiger partial charge in [-0.3, -0.25) is 10.6 Å². The van der Waals surface area contributed by atoms with Crippen LogP contribution in [0.5, 0.6) is 0 Å². The fourth-order valence-corrected chi connectivity index (χ4v) is 3.49. The number of hydrazine groups is 1. The number of carbonyl (C=O) groups is 1. The zero-order chi connectivity index (χ0) is 14.8. The van der Waals surface area contributed by atoms with Crippen molar-refractivity contribution < 1.29 is 9.53 Å². The predicted molar refractivity (Wildman–Crippen MR) is 82.3 cm³/mol. The summed E-state index contributed by atoms with van der Waals surface area (Å²) in [5, 5.41) is 0.533. The van der Waals surface area contributed by atoms with Crippen molar-refractivity contribution in [2.24, 2.45) is 5.84 Å². The number of nitrogens with one attached hydrogen (secondary N) is 1. The molecule has 1 saturated heterocycles. The van der Waals surface area contributed by atoms with E-state index in [1.807, 2.05) is 4.90 Å². The Balaban J connectivity index is 1.88. The molecule has 6 heteroatoms. The molecule has 2 atom stereocenters. The van der Waals surface area contributed by atoms with Crippen molar-refractivity contribution in [1.29, 1.82) is 0 Å². The lowest BCUT2D eigenvalue weighted by Crippen LogP contribution is -2.54. The Labute approximate surface area is 129 Å². The van der Waals surface area contributed by atoms with Gasteiger partial charge in [-0.2, -0.15) is 0 Å². The van der Waals surface area contributed by atoms with E-state index in [2.05, 4.69) is 5.43 Å². The molecule has 5 nitrogen and oxygen atoms in total. The minimum Gasteiger partial charge on any atom is -0.374 e. The van der Waals surface area contributed by atoms with E-state index in [4.69, 9.17) is 22.2 Å². The monoisotopic (exact) mass is 309 g/mol. The molecule has 0 spiro atoms. The summed E-state index contributed by atoms with van der Waals surface area (Å²) in [6, 6.07) is 5.29. The van der Waals surface area contributed by atoms with E-state index >= 15 is 0 Å². The number of amides is 1. The van der Waals surface area contributed by atoms with Gasteiger partial charge in [-0.15, -0.1) is 0 Å². The fourth-order valence-electron chi connectivity index (χ4n) is 3.32. The third-order valence-electron chi connectivity index (χ3n) is 4.36. The Kier molecular flexibility index (Phi) is 4.33. The summed E-state index contributed by atoms with van der Waals surface area (Å²) in [6.07, 6.45) is 4.53. The van der Waals surface area contributed by atoms with Crippen molar-refractivity contribution in [3.05, 3.63) is 28.8 Å². The smallest absolute Gasteiger partial charge is 0.256 e. The first-order chi connectivity index (χ1) is 10.2. The van der Waals surface area contributed by atoms with Crippen LogP contribution in [0, 0.1) is 0 Å². The van der Waals surface area contributed by atoms with E-state index in [0.717, 1.165) is 19.3 Å². The summed E-state index contributed by atoms with van der Waals surface area (Å²) in [4.78, 5) is 14.8. The molecular formula is C15H20ClN3O2. The number of anilines is 1. The molecule has 0 aromatic heterocycles. The molecule has 1 aromatic rings. The molecule has 2 fully saturated rings. The molecule has 2 aliphatic rings. The number of nitrogens with two attached hydrogens (primary N) is 1. The van der Waals surface area contributed by atoms with E-state index in [1.54, 1.807) is 18.2 Å². The third kappa shape index (κ3) is 2.86. The first kappa shape index (κ1) is 14.6. The minimum absolute atomic E-state index is 0.0225. The molecular weight excluding hydrogens is 290 g/mol. The molecule has 2 unspecified atom stereocenters. The molecule has 3 rings (SSSR count). The van der Waals surface area contributed by atoms with Crippen molar-refractivity contribution in [1.82, 2.24) is 4.90 Å². The van der Waals surface area contributed by atoms with Crippen molar-refractivity contribution in [2.75, 3.05) is 18.6 Å². The molecule has 1 aromatic carbocycles. The molecule has 0 radical (unpaired) electrons. The number of halogens is 1. The second-order valence-electron chi connectivity index (χ2n) is 5.59. The number of rotatable bonds is 2. The molecule has 0 bridgehead atoms. The molecule has 1 amide bonds. The van der Waals surface area contributed by atoms with Gasteiger partial charge in [-0.05, 0) is 31.0 Å². The Morgan fingerprint density at radius 2 is 2.19 bits per heavy atom. The lowest BCUT2D eigenvalue weighted by atomic mass is 9.89. The number of hydrogen-bond donors (Lipinski definition) is 2. The first-order valence-corrected chi connectivity index (χ1v) is 7.77. The summed E-state index contributed by atoms with van der Waals surface area (Å²) in [7, 11) is 0. The topological polar surface area (TPSA) is 67.6 Å². The lowest BCUT2D eigenvalue weighted by Gasteiger charge is -2.44. The van der Waals surface area contributed by atoms with Gasteiger partial charge in [-0.1, -0.05) is 24.4 Å². The molecule has 3 N–H and O–H groups in total. The second-order valence-corrected chi connectivity index (χ2v) is 6.03. The van der Waals surface area contributed by atoms with Gasteiger partial charge >= 0.3 is 0 Å². The van der Waals surface area contributed by atoms with Crippen LogP contribution in [0.2, 0.25) is 5.02 Å². The SMILES string of the molecule is NNc1ccc(Cl)cc1C(=O)N1CCOC2CCCCC21. The van der Waals surface area contributed by atoms with Crippen LogP contribution in [0.4, 0.5) is 5.69 Å². The van der Waals surface area contributed by atoms with Crippen molar-refractivity contribution in [2.45, 2.75) is 37.8 Å². The van der Waals surface area contributed by atoms with Gasteiger partial charge in [-0.25, -0.2) is 0 Å². The molecule has 114 valence electrons. The number of hydrogen-bond acceptors (Lipinski definition) is 4. The second kappa shape index (κ2) is 6.22. The normalized spacial score (nSPS) is 25.3. The zero-order valence-corrected chi connectivity index (χ0v) is 12.6. The number of ether oxygens (including phenoxy) is 1. The van der Waals surface area contributed by atoms with Gasteiger partial charge in [0.1, 0.15) is 0 Å². The van der Waals surface area contributed by atoms with Gasteiger partial charge in [0.25, 0.3) is 5.91 Å². The predicted octanol–water partition coefficient (Wildman–Crippen LogP) is 2.41. The average Bonchev–Trinajstić information content (AvgIpc) is 2.53. The zero-order valence-electron chi connectivity index (χ0n) is 11.8. The first-order valence-electron chi connectivity index (χ1n) is 7.39. The number of nitrogen functional groups attached to an aromatic ring is 1. The number of morpholine rings is 1. The van der Waals surface area contributed by atoms with Crippen molar-refractivity contribution in [3.63, 3.8) is 0 Å². The van der Waals surface area contributed by atoms with E-state index in [-0.39, 0.29) is 18.1 Å². The largest absolute Gasteiger partial charge is 0.374 e. The lowest BCUT2D eigenvalue weighted by molar-refractivity contribution is -0.0752. The third-order valence-corrected chi connectivity index (χ3v) is 4.60. The maximum atomic E-state index is 12.9. The molecule has 1 aliphatic heterocycles. The highest BCUT2D eigenvalue weighted by molar-refractivity contribution is 6.31. The van der Waals surface area contributed by atoms with Crippen LogP contribution in [0.1, 0.15) is 36.0 Å². The van der Waals surface area contributed by atoms with E-state index in [1.165, 1.54) is 6.42 Å².